The molecule has 1 amide bonds. The summed E-state index contributed by atoms with van der Waals surface area (Å²) in [6.45, 7) is 10.3. The van der Waals surface area contributed by atoms with Crippen LogP contribution in [0.25, 0.3) is 0 Å². The summed E-state index contributed by atoms with van der Waals surface area (Å²) in [4.78, 5) is 11.9. The van der Waals surface area contributed by atoms with E-state index in [4.69, 9.17) is 5.73 Å². The van der Waals surface area contributed by atoms with Crippen LogP contribution in [0.5, 0.6) is 0 Å². The van der Waals surface area contributed by atoms with Gasteiger partial charge < -0.3 is 11.1 Å². The summed E-state index contributed by atoms with van der Waals surface area (Å²) in [5, 5.41) is 9.75. The molecule has 104 valence electrons. The fourth-order valence-corrected chi connectivity index (χ4v) is 1.24. The van der Waals surface area contributed by atoms with Gasteiger partial charge in [-0.25, -0.2) is 0 Å². The molecule has 0 aliphatic heterocycles. The first-order chi connectivity index (χ1) is 7.65. The molecule has 0 aliphatic rings. The van der Waals surface area contributed by atoms with Gasteiger partial charge in [0.25, 0.3) is 5.91 Å². The van der Waals surface area contributed by atoms with Crippen molar-refractivity contribution in [2.45, 2.75) is 45.6 Å². The standard InChI is InChI=1S/C12H22N4O.ClH/c1-11(2,3)9-6-8(15-16-9)10(17)14-12(4,5)7-13;/h6H,7,13H2,1-5H3,(H,14,17)(H,15,16);1H. The Morgan fingerprint density at radius 2 is 1.94 bits per heavy atom. The number of rotatable bonds is 3. The van der Waals surface area contributed by atoms with E-state index in [1.54, 1.807) is 6.07 Å². The molecule has 1 aromatic rings. The molecule has 1 aromatic heterocycles. The van der Waals surface area contributed by atoms with Crippen molar-refractivity contribution in [3.63, 3.8) is 0 Å². The van der Waals surface area contributed by atoms with Crippen LogP contribution in [0.15, 0.2) is 6.07 Å². The number of carbonyl (C=O) groups is 1. The Morgan fingerprint density at radius 3 is 2.33 bits per heavy atom. The average Bonchev–Trinajstić information content (AvgIpc) is 2.65. The van der Waals surface area contributed by atoms with E-state index in [0.29, 0.717) is 12.2 Å². The molecule has 0 spiro atoms. The van der Waals surface area contributed by atoms with Gasteiger partial charge in [-0.15, -0.1) is 12.4 Å². The number of carbonyl (C=O) groups excluding carboxylic acids is 1. The maximum absolute atomic E-state index is 11.9. The first-order valence-corrected chi connectivity index (χ1v) is 5.74. The Balaban J connectivity index is 0.00000289. The molecule has 0 radical (unpaired) electrons. The summed E-state index contributed by atoms with van der Waals surface area (Å²) in [6, 6.07) is 1.78. The summed E-state index contributed by atoms with van der Waals surface area (Å²) in [7, 11) is 0. The van der Waals surface area contributed by atoms with Crippen molar-refractivity contribution in [2.75, 3.05) is 6.54 Å². The molecule has 4 N–H and O–H groups in total. The summed E-state index contributed by atoms with van der Waals surface area (Å²) >= 11 is 0. The molecule has 0 atom stereocenters. The van der Waals surface area contributed by atoms with Crippen molar-refractivity contribution < 1.29 is 4.79 Å². The van der Waals surface area contributed by atoms with Gasteiger partial charge in [0, 0.05) is 23.2 Å². The summed E-state index contributed by atoms with van der Waals surface area (Å²) in [5.74, 6) is -0.202. The summed E-state index contributed by atoms with van der Waals surface area (Å²) < 4.78 is 0. The van der Waals surface area contributed by atoms with Gasteiger partial charge in [0.1, 0.15) is 5.69 Å². The topological polar surface area (TPSA) is 83.8 Å². The number of nitrogens with two attached hydrogens (primary N) is 1. The van der Waals surface area contributed by atoms with E-state index in [1.165, 1.54) is 0 Å². The van der Waals surface area contributed by atoms with Crippen LogP contribution < -0.4 is 11.1 Å². The van der Waals surface area contributed by atoms with Gasteiger partial charge in [-0.05, 0) is 19.9 Å². The lowest BCUT2D eigenvalue weighted by molar-refractivity contribution is 0.0910. The smallest absolute Gasteiger partial charge is 0.272 e. The zero-order chi connectivity index (χ0) is 13.3. The van der Waals surface area contributed by atoms with E-state index in [1.807, 2.05) is 13.8 Å². The third-order valence-corrected chi connectivity index (χ3v) is 2.58. The number of nitrogens with zero attached hydrogens (tertiary/aromatic N) is 1. The molecular formula is C12H23ClN4O. The van der Waals surface area contributed by atoms with E-state index in [-0.39, 0.29) is 23.7 Å². The number of aromatic nitrogens is 2. The minimum atomic E-state index is -0.419. The second-order valence-corrected chi connectivity index (χ2v) is 5.96. The third kappa shape index (κ3) is 4.31. The highest BCUT2D eigenvalue weighted by Crippen LogP contribution is 2.20. The second kappa shape index (κ2) is 5.71. The van der Waals surface area contributed by atoms with Crippen LogP contribution in [-0.2, 0) is 5.41 Å². The lowest BCUT2D eigenvalue weighted by Gasteiger charge is -2.23. The highest BCUT2D eigenvalue weighted by Gasteiger charge is 2.23. The lowest BCUT2D eigenvalue weighted by atomic mass is 9.92. The Kier molecular flexibility index (Phi) is 5.37. The van der Waals surface area contributed by atoms with E-state index in [9.17, 15) is 4.79 Å². The fraction of sp³-hybridized carbons (Fsp3) is 0.667. The fourth-order valence-electron chi connectivity index (χ4n) is 1.24. The van der Waals surface area contributed by atoms with Gasteiger partial charge >= 0.3 is 0 Å². The van der Waals surface area contributed by atoms with Gasteiger partial charge in [0.05, 0.1) is 0 Å². The van der Waals surface area contributed by atoms with Crippen molar-refractivity contribution in [3.8, 4) is 0 Å². The highest BCUT2D eigenvalue weighted by molar-refractivity contribution is 5.92. The number of H-pyrrole nitrogens is 1. The monoisotopic (exact) mass is 274 g/mol. The van der Waals surface area contributed by atoms with Gasteiger partial charge in [-0.1, -0.05) is 20.8 Å². The minimum absolute atomic E-state index is 0. The Labute approximate surface area is 114 Å². The zero-order valence-corrected chi connectivity index (χ0v) is 12.4. The van der Waals surface area contributed by atoms with Crippen LogP contribution in [0.1, 0.15) is 50.8 Å². The van der Waals surface area contributed by atoms with Crippen molar-refractivity contribution in [1.29, 1.82) is 0 Å². The maximum Gasteiger partial charge on any atom is 0.272 e. The lowest BCUT2D eigenvalue weighted by Crippen LogP contribution is -2.48. The Morgan fingerprint density at radius 1 is 1.39 bits per heavy atom. The normalized spacial score (nSPS) is 11.9. The molecule has 6 heteroatoms. The van der Waals surface area contributed by atoms with E-state index >= 15 is 0 Å². The Hall–Kier alpha value is -1.07. The molecule has 0 bridgehead atoms. The van der Waals surface area contributed by atoms with Crippen molar-refractivity contribution >= 4 is 18.3 Å². The second-order valence-electron chi connectivity index (χ2n) is 5.96. The average molecular weight is 275 g/mol. The first-order valence-electron chi connectivity index (χ1n) is 5.74. The van der Waals surface area contributed by atoms with Crippen LogP contribution in [0, 0.1) is 0 Å². The number of aromatic amines is 1. The first kappa shape index (κ1) is 16.9. The number of nitrogens with one attached hydrogen (secondary N) is 2. The van der Waals surface area contributed by atoms with Crippen molar-refractivity contribution in [1.82, 2.24) is 15.5 Å². The Bertz CT molecular complexity index is 406. The number of hydrogen-bond donors (Lipinski definition) is 3. The minimum Gasteiger partial charge on any atom is -0.344 e. The predicted molar refractivity (Wildman–Crippen MR) is 75.1 cm³/mol. The van der Waals surface area contributed by atoms with E-state index in [2.05, 4.69) is 36.3 Å². The number of amides is 1. The van der Waals surface area contributed by atoms with E-state index < -0.39 is 5.54 Å². The molecule has 5 nitrogen and oxygen atoms in total. The molecule has 0 aromatic carbocycles. The quantitative estimate of drug-likeness (QED) is 0.783. The molecule has 0 saturated heterocycles. The van der Waals surface area contributed by atoms with Crippen LogP contribution in [-0.4, -0.2) is 28.2 Å². The van der Waals surface area contributed by atoms with E-state index in [0.717, 1.165) is 5.69 Å². The molecular weight excluding hydrogens is 252 g/mol. The molecule has 0 aliphatic carbocycles. The summed E-state index contributed by atoms with van der Waals surface area (Å²) in [5.41, 5.74) is 6.44. The van der Waals surface area contributed by atoms with Crippen LogP contribution in [0.2, 0.25) is 0 Å². The predicted octanol–water partition coefficient (Wildman–Crippen LogP) is 1.60. The summed E-state index contributed by atoms with van der Waals surface area (Å²) in [6.07, 6.45) is 0. The molecule has 1 rings (SSSR count). The molecule has 18 heavy (non-hydrogen) atoms. The largest absolute Gasteiger partial charge is 0.344 e. The SMILES string of the molecule is CC(C)(CN)NC(=O)c1cc(C(C)(C)C)[nH]n1.Cl. The molecule has 0 unspecified atom stereocenters. The van der Waals surface area contributed by atoms with Gasteiger partial charge in [0.15, 0.2) is 0 Å². The van der Waals surface area contributed by atoms with Crippen LogP contribution >= 0.6 is 12.4 Å². The molecule has 0 saturated carbocycles. The number of halogens is 1. The van der Waals surface area contributed by atoms with Crippen LogP contribution in [0.3, 0.4) is 0 Å². The van der Waals surface area contributed by atoms with Gasteiger partial charge in [-0.3, -0.25) is 9.89 Å². The third-order valence-electron chi connectivity index (χ3n) is 2.58. The van der Waals surface area contributed by atoms with Crippen molar-refractivity contribution in [2.24, 2.45) is 5.73 Å². The van der Waals surface area contributed by atoms with Gasteiger partial charge in [0.2, 0.25) is 0 Å². The zero-order valence-electron chi connectivity index (χ0n) is 11.6. The molecule has 0 fully saturated rings. The van der Waals surface area contributed by atoms with Gasteiger partial charge in [-0.2, -0.15) is 5.10 Å². The maximum atomic E-state index is 11.9. The van der Waals surface area contributed by atoms with Crippen LogP contribution in [0.4, 0.5) is 0 Å². The number of hydrogen-bond acceptors (Lipinski definition) is 3. The molecule has 1 heterocycles. The van der Waals surface area contributed by atoms with Crippen molar-refractivity contribution in [3.05, 3.63) is 17.5 Å². The highest BCUT2D eigenvalue weighted by atomic mass is 35.5.